The van der Waals surface area contributed by atoms with Gasteiger partial charge in [0, 0.05) is 54.2 Å². The Morgan fingerprint density at radius 1 is 0.968 bits per heavy atom. The van der Waals surface area contributed by atoms with Crippen LogP contribution >= 0.6 is 11.6 Å². The Morgan fingerprint density at radius 3 is 2.39 bits per heavy atom. The molecule has 7 heteroatoms. The minimum atomic E-state index is -0.223. The Balaban J connectivity index is 1.32. The normalized spacial score (nSPS) is 17.5. The minimum Gasteiger partial charge on any atom is -0.322 e. The molecule has 2 aromatic carbocycles. The van der Waals surface area contributed by atoms with E-state index in [4.69, 9.17) is 11.6 Å². The predicted molar refractivity (Wildman–Crippen MR) is 125 cm³/mol. The van der Waals surface area contributed by atoms with E-state index in [2.05, 4.69) is 15.5 Å². The molecule has 1 saturated carbocycles. The van der Waals surface area contributed by atoms with Gasteiger partial charge in [-0.3, -0.25) is 9.69 Å². The maximum Gasteiger partial charge on any atom is 0.321 e. The molecule has 4 rings (SSSR count). The summed E-state index contributed by atoms with van der Waals surface area (Å²) in [5.74, 6) is -0.223. The fourth-order valence-corrected chi connectivity index (χ4v) is 4.66. The highest BCUT2D eigenvalue weighted by molar-refractivity contribution is 6.31. The van der Waals surface area contributed by atoms with E-state index in [1.807, 2.05) is 24.0 Å². The molecular weight excluding hydrogens is 412 g/mol. The maximum atomic E-state index is 12.7. The third-order valence-electron chi connectivity index (χ3n) is 6.26. The van der Waals surface area contributed by atoms with Crippen LogP contribution in [0.25, 0.3) is 0 Å². The summed E-state index contributed by atoms with van der Waals surface area (Å²) >= 11 is 5.96. The molecule has 31 heavy (non-hydrogen) atoms. The Bertz CT molecular complexity index is 950. The summed E-state index contributed by atoms with van der Waals surface area (Å²) in [6.07, 6.45) is 5.26. The fourth-order valence-electron chi connectivity index (χ4n) is 4.47. The van der Waals surface area contributed by atoms with E-state index in [0.29, 0.717) is 22.3 Å². The molecule has 0 aromatic heterocycles. The molecule has 2 N–H and O–H groups in total. The van der Waals surface area contributed by atoms with E-state index < -0.39 is 0 Å². The van der Waals surface area contributed by atoms with Gasteiger partial charge in [-0.25, -0.2) is 4.79 Å². The number of carbonyl (C=O) groups excluding carboxylic acids is 2. The predicted octanol–water partition coefficient (Wildman–Crippen LogP) is 4.99. The molecule has 2 aromatic rings. The lowest BCUT2D eigenvalue weighted by Crippen LogP contribution is -2.52. The lowest BCUT2D eigenvalue weighted by atomic mass is 10.1. The van der Waals surface area contributed by atoms with Crippen LogP contribution in [0.1, 0.15) is 41.6 Å². The molecule has 1 saturated heterocycles. The zero-order valence-electron chi connectivity index (χ0n) is 17.9. The van der Waals surface area contributed by atoms with Crippen molar-refractivity contribution in [1.82, 2.24) is 9.80 Å². The second-order valence-corrected chi connectivity index (χ2v) is 8.82. The van der Waals surface area contributed by atoms with Crippen molar-refractivity contribution in [2.45, 2.75) is 38.6 Å². The summed E-state index contributed by atoms with van der Waals surface area (Å²) in [6.45, 7) is 5.34. The molecule has 6 nitrogen and oxygen atoms in total. The highest BCUT2D eigenvalue weighted by Crippen LogP contribution is 2.25. The number of anilines is 2. The van der Waals surface area contributed by atoms with Gasteiger partial charge in [0.25, 0.3) is 5.91 Å². The molecule has 0 radical (unpaired) electrons. The van der Waals surface area contributed by atoms with E-state index in [1.165, 1.54) is 25.7 Å². The monoisotopic (exact) mass is 440 g/mol. The number of urea groups is 1. The average molecular weight is 441 g/mol. The molecule has 0 bridgehead atoms. The van der Waals surface area contributed by atoms with Crippen molar-refractivity contribution in [1.29, 1.82) is 0 Å². The third kappa shape index (κ3) is 5.38. The van der Waals surface area contributed by atoms with Gasteiger partial charge in [0.1, 0.15) is 0 Å². The number of hydrogen-bond donors (Lipinski definition) is 2. The first-order valence-corrected chi connectivity index (χ1v) is 11.3. The topological polar surface area (TPSA) is 64.7 Å². The van der Waals surface area contributed by atoms with Gasteiger partial charge in [0.2, 0.25) is 0 Å². The summed E-state index contributed by atoms with van der Waals surface area (Å²) in [7, 11) is 0. The number of aryl methyl sites for hydroxylation is 1. The van der Waals surface area contributed by atoms with Crippen molar-refractivity contribution in [3.63, 3.8) is 0 Å². The van der Waals surface area contributed by atoms with Crippen molar-refractivity contribution < 1.29 is 9.59 Å². The van der Waals surface area contributed by atoms with Crippen LogP contribution in [0, 0.1) is 6.92 Å². The van der Waals surface area contributed by atoms with Gasteiger partial charge in [-0.05, 0) is 61.7 Å². The van der Waals surface area contributed by atoms with Gasteiger partial charge in [0.05, 0.1) is 0 Å². The quantitative estimate of drug-likeness (QED) is 0.703. The number of carbonyl (C=O) groups is 2. The molecule has 3 amide bonds. The molecule has 2 aliphatic rings. The number of halogens is 1. The molecular formula is C24H29ClN4O2. The average Bonchev–Trinajstić information content (AvgIpc) is 3.31. The van der Waals surface area contributed by atoms with Crippen molar-refractivity contribution in [3.05, 3.63) is 58.6 Å². The van der Waals surface area contributed by atoms with Crippen molar-refractivity contribution >= 4 is 34.9 Å². The number of benzene rings is 2. The zero-order chi connectivity index (χ0) is 21.8. The number of piperazine rings is 1. The first-order valence-electron chi connectivity index (χ1n) is 11.0. The number of nitrogens with one attached hydrogen (secondary N) is 2. The summed E-state index contributed by atoms with van der Waals surface area (Å²) in [5.41, 5.74) is 2.82. The van der Waals surface area contributed by atoms with Gasteiger partial charge in [-0.15, -0.1) is 0 Å². The number of hydrogen-bond acceptors (Lipinski definition) is 3. The smallest absolute Gasteiger partial charge is 0.321 e. The summed E-state index contributed by atoms with van der Waals surface area (Å²) in [6, 6.07) is 12.9. The van der Waals surface area contributed by atoms with Crippen LogP contribution in [-0.4, -0.2) is 54.0 Å². The highest BCUT2D eigenvalue weighted by Gasteiger charge is 2.28. The Labute approximate surface area is 188 Å². The fraction of sp³-hybridized carbons (Fsp3) is 0.417. The second kappa shape index (κ2) is 9.71. The van der Waals surface area contributed by atoms with E-state index in [1.54, 1.807) is 30.3 Å². The molecule has 0 spiro atoms. The molecule has 164 valence electrons. The molecule has 1 aliphatic carbocycles. The first kappa shape index (κ1) is 21.7. The van der Waals surface area contributed by atoms with E-state index in [-0.39, 0.29) is 11.9 Å². The van der Waals surface area contributed by atoms with Crippen LogP contribution in [0.4, 0.5) is 16.2 Å². The highest BCUT2D eigenvalue weighted by atomic mass is 35.5. The number of nitrogens with zero attached hydrogens (tertiary/aromatic N) is 2. The minimum absolute atomic E-state index is 0.0649. The molecule has 2 fully saturated rings. The van der Waals surface area contributed by atoms with E-state index in [9.17, 15) is 9.59 Å². The molecule has 1 heterocycles. The third-order valence-corrected chi connectivity index (χ3v) is 6.49. The SMILES string of the molecule is Cc1cc(NC(=O)c2cccc(Cl)c2)ccc1NC(=O)N1CCN(C2CCCC2)CC1. The summed E-state index contributed by atoms with van der Waals surface area (Å²) in [5, 5.41) is 6.42. The molecule has 0 unspecified atom stereocenters. The van der Waals surface area contributed by atoms with Crippen LogP contribution in [0.3, 0.4) is 0 Å². The largest absolute Gasteiger partial charge is 0.322 e. The van der Waals surface area contributed by atoms with Crippen LogP contribution in [0.2, 0.25) is 5.02 Å². The lowest BCUT2D eigenvalue weighted by Gasteiger charge is -2.38. The van der Waals surface area contributed by atoms with E-state index >= 15 is 0 Å². The zero-order valence-corrected chi connectivity index (χ0v) is 18.6. The van der Waals surface area contributed by atoms with Gasteiger partial charge < -0.3 is 15.5 Å². The van der Waals surface area contributed by atoms with Gasteiger partial charge in [0.15, 0.2) is 0 Å². The second-order valence-electron chi connectivity index (χ2n) is 8.39. The van der Waals surface area contributed by atoms with Crippen molar-refractivity contribution in [2.75, 3.05) is 36.8 Å². The van der Waals surface area contributed by atoms with Crippen LogP contribution in [0.15, 0.2) is 42.5 Å². The Kier molecular flexibility index (Phi) is 6.78. The van der Waals surface area contributed by atoms with Gasteiger partial charge in [-0.1, -0.05) is 30.5 Å². The van der Waals surface area contributed by atoms with Crippen LogP contribution in [0.5, 0.6) is 0 Å². The summed E-state index contributed by atoms with van der Waals surface area (Å²) in [4.78, 5) is 29.6. The van der Waals surface area contributed by atoms with Crippen molar-refractivity contribution in [3.8, 4) is 0 Å². The Morgan fingerprint density at radius 2 is 1.71 bits per heavy atom. The van der Waals surface area contributed by atoms with Gasteiger partial charge >= 0.3 is 6.03 Å². The molecule has 0 atom stereocenters. The van der Waals surface area contributed by atoms with E-state index in [0.717, 1.165) is 37.4 Å². The maximum absolute atomic E-state index is 12.7. The summed E-state index contributed by atoms with van der Waals surface area (Å²) < 4.78 is 0. The van der Waals surface area contributed by atoms with Crippen molar-refractivity contribution in [2.24, 2.45) is 0 Å². The first-order chi connectivity index (χ1) is 15.0. The Hall–Kier alpha value is -2.57. The lowest BCUT2D eigenvalue weighted by molar-refractivity contribution is 0.102. The van der Waals surface area contributed by atoms with Crippen LogP contribution in [-0.2, 0) is 0 Å². The number of amides is 3. The molecule has 1 aliphatic heterocycles. The van der Waals surface area contributed by atoms with Crippen LogP contribution < -0.4 is 10.6 Å². The standard InChI is InChI=1S/C24H29ClN4O2/c1-17-15-20(26-23(30)18-5-4-6-19(25)16-18)9-10-22(17)27-24(31)29-13-11-28(12-14-29)21-7-2-3-8-21/h4-6,9-10,15-16,21H,2-3,7-8,11-14H2,1H3,(H,26,30)(H,27,31). The number of rotatable bonds is 4. The van der Waals surface area contributed by atoms with Gasteiger partial charge in [-0.2, -0.15) is 0 Å².